The predicted molar refractivity (Wildman–Crippen MR) is 40.6 cm³/mol. The first kappa shape index (κ1) is 7.73. The third kappa shape index (κ3) is 1.08. The normalized spacial score (nSPS) is 23.0. The first-order valence-electron chi connectivity index (χ1n) is 3.92. The van der Waals surface area contributed by atoms with Gasteiger partial charge < -0.3 is 5.73 Å². The Labute approximate surface area is 61.8 Å². The summed E-state index contributed by atoms with van der Waals surface area (Å²) in [7, 11) is 0. The molecule has 0 radical (unpaired) electrons. The molecule has 2 N–H and O–H groups in total. The van der Waals surface area contributed by atoms with Crippen molar-refractivity contribution in [3.05, 3.63) is 0 Å². The molecule has 2 nitrogen and oxygen atoms in total. The highest BCUT2D eigenvalue weighted by Crippen LogP contribution is 2.37. The Morgan fingerprint density at radius 2 is 2.00 bits per heavy atom. The lowest BCUT2D eigenvalue weighted by Gasteiger charge is -2.22. The third-order valence-corrected chi connectivity index (χ3v) is 2.70. The standard InChI is InChI=1S/C8H15NO/c1-7(10)8(6-9)4-2-3-5-8/h2-6,9H2,1H3. The number of Topliss-reactive ketones (excluding diaryl/α,β-unsaturated/α-hetero) is 1. The maximum atomic E-state index is 11.1. The van der Waals surface area contributed by atoms with Gasteiger partial charge in [0.15, 0.2) is 0 Å². The maximum absolute atomic E-state index is 11.1. The Bertz CT molecular complexity index is 136. The van der Waals surface area contributed by atoms with E-state index in [-0.39, 0.29) is 11.2 Å². The molecule has 0 aliphatic heterocycles. The van der Waals surface area contributed by atoms with Gasteiger partial charge in [-0.3, -0.25) is 4.79 Å². The summed E-state index contributed by atoms with van der Waals surface area (Å²) in [5.41, 5.74) is 5.42. The summed E-state index contributed by atoms with van der Waals surface area (Å²) in [5.74, 6) is 0.285. The highest BCUT2D eigenvalue weighted by Gasteiger charge is 2.36. The zero-order valence-corrected chi connectivity index (χ0v) is 6.52. The molecule has 2 heteroatoms. The lowest BCUT2D eigenvalue weighted by molar-refractivity contribution is -0.125. The van der Waals surface area contributed by atoms with Crippen molar-refractivity contribution in [2.45, 2.75) is 32.6 Å². The molecule has 58 valence electrons. The average molecular weight is 141 g/mol. The first-order valence-corrected chi connectivity index (χ1v) is 3.92. The fourth-order valence-corrected chi connectivity index (χ4v) is 1.75. The molecule has 0 amide bonds. The van der Waals surface area contributed by atoms with Gasteiger partial charge in [-0.1, -0.05) is 12.8 Å². The van der Waals surface area contributed by atoms with Gasteiger partial charge in [0.25, 0.3) is 0 Å². The minimum atomic E-state index is -0.125. The molecule has 0 heterocycles. The predicted octanol–water partition coefficient (Wildman–Crippen LogP) is 1.09. The summed E-state index contributed by atoms with van der Waals surface area (Å²) in [6.45, 7) is 2.21. The first-order chi connectivity index (χ1) is 4.71. The van der Waals surface area contributed by atoms with Crippen LogP contribution in [0.4, 0.5) is 0 Å². The second-order valence-electron chi connectivity index (χ2n) is 3.25. The summed E-state index contributed by atoms with van der Waals surface area (Å²) < 4.78 is 0. The van der Waals surface area contributed by atoms with E-state index in [2.05, 4.69) is 0 Å². The lowest BCUT2D eigenvalue weighted by atomic mass is 9.83. The average Bonchev–Trinajstić information content (AvgIpc) is 2.35. The highest BCUT2D eigenvalue weighted by atomic mass is 16.1. The molecule has 1 aliphatic rings. The Morgan fingerprint density at radius 1 is 1.50 bits per heavy atom. The van der Waals surface area contributed by atoms with Crippen molar-refractivity contribution in [2.75, 3.05) is 6.54 Å². The third-order valence-electron chi connectivity index (χ3n) is 2.70. The van der Waals surface area contributed by atoms with Gasteiger partial charge in [0.2, 0.25) is 0 Å². The van der Waals surface area contributed by atoms with E-state index in [0.717, 1.165) is 12.8 Å². The maximum Gasteiger partial charge on any atom is 0.137 e. The second-order valence-corrected chi connectivity index (χ2v) is 3.25. The number of carbonyl (C=O) groups excluding carboxylic acids is 1. The smallest absolute Gasteiger partial charge is 0.137 e. The van der Waals surface area contributed by atoms with Gasteiger partial charge in [-0.15, -0.1) is 0 Å². The van der Waals surface area contributed by atoms with Gasteiger partial charge >= 0.3 is 0 Å². The summed E-state index contributed by atoms with van der Waals surface area (Å²) in [6.07, 6.45) is 4.38. The van der Waals surface area contributed by atoms with Gasteiger partial charge in [-0.2, -0.15) is 0 Å². The van der Waals surface area contributed by atoms with Crippen LogP contribution in [-0.2, 0) is 4.79 Å². The zero-order valence-electron chi connectivity index (χ0n) is 6.52. The molecule has 0 atom stereocenters. The quantitative estimate of drug-likeness (QED) is 0.625. The van der Waals surface area contributed by atoms with Gasteiger partial charge in [0.1, 0.15) is 5.78 Å². The Hall–Kier alpha value is -0.370. The minimum Gasteiger partial charge on any atom is -0.329 e. The number of hydrogen-bond donors (Lipinski definition) is 1. The molecular weight excluding hydrogens is 126 g/mol. The monoisotopic (exact) mass is 141 g/mol. The summed E-state index contributed by atoms with van der Waals surface area (Å²) in [4.78, 5) is 11.1. The van der Waals surface area contributed by atoms with E-state index in [9.17, 15) is 4.79 Å². The van der Waals surface area contributed by atoms with Crippen LogP contribution < -0.4 is 5.73 Å². The molecule has 0 saturated heterocycles. The number of rotatable bonds is 2. The SMILES string of the molecule is CC(=O)C1(CN)CCCC1. The number of carbonyl (C=O) groups is 1. The van der Waals surface area contributed by atoms with Crippen molar-refractivity contribution in [2.24, 2.45) is 11.1 Å². The van der Waals surface area contributed by atoms with E-state index in [1.165, 1.54) is 12.8 Å². The Morgan fingerprint density at radius 3 is 2.20 bits per heavy atom. The number of ketones is 1. The molecule has 10 heavy (non-hydrogen) atoms. The van der Waals surface area contributed by atoms with E-state index in [1.807, 2.05) is 0 Å². The summed E-state index contributed by atoms with van der Waals surface area (Å²) >= 11 is 0. The fourth-order valence-electron chi connectivity index (χ4n) is 1.75. The number of hydrogen-bond acceptors (Lipinski definition) is 2. The van der Waals surface area contributed by atoms with Crippen molar-refractivity contribution < 1.29 is 4.79 Å². The van der Waals surface area contributed by atoms with Crippen molar-refractivity contribution in [1.82, 2.24) is 0 Å². The Balaban J connectivity index is 2.67. The van der Waals surface area contributed by atoms with E-state index in [4.69, 9.17) is 5.73 Å². The second kappa shape index (κ2) is 2.70. The van der Waals surface area contributed by atoms with Gasteiger partial charge in [0.05, 0.1) is 0 Å². The molecule has 0 bridgehead atoms. The van der Waals surface area contributed by atoms with Crippen LogP contribution in [0.15, 0.2) is 0 Å². The molecule has 1 fully saturated rings. The van der Waals surface area contributed by atoms with Crippen molar-refractivity contribution in [3.63, 3.8) is 0 Å². The minimum absolute atomic E-state index is 0.125. The van der Waals surface area contributed by atoms with Crippen LogP contribution in [0.25, 0.3) is 0 Å². The molecular formula is C8H15NO. The summed E-state index contributed by atoms with van der Waals surface area (Å²) in [6, 6.07) is 0. The largest absolute Gasteiger partial charge is 0.329 e. The van der Waals surface area contributed by atoms with Crippen LogP contribution in [0.5, 0.6) is 0 Å². The molecule has 1 saturated carbocycles. The van der Waals surface area contributed by atoms with Crippen LogP contribution >= 0.6 is 0 Å². The highest BCUT2D eigenvalue weighted by molar-refractivity contribution is 5.82. The van der Waals surface area contributed by atoms with E-state index >= 15 is 0 Å². The topological polar surface area (TPSA) is 43.1 Å². The van der Waals surface area contributed by atoms with Crippen LogP contribution in [0.2, 0.25) is 0 Å². The van der Waals surface area contributed by atoms with Crippen molar-refractivity contribution in [3.8, 4) is 0 Å². The van der Waals surface area contributed by atoms with Gasteiger partial charge in [-0.25, -0.2) is 0 Å². The van der Waals surface area contributed by atoms with Crippen LogP contribution in [-0.4, -0.2) is 12.3 Å². The van der Waals surface area contributed by atoms with E-state index < -0.39 is 0 Å². The van der Waals surface area contributed by atoms with E-state index in [0.29, 0.717) is 6.54 Å². The molecule has 0 aromatic carbocycles. The van der Waals surface area contributed by atoms with Gasteiger partial charge in [0, 0.05) is 12.0 Å². The van der Waals surface area contributed by atoms with Crippen LogP contribution in [0.1, 0.15) is 32.6 Å². The molecule has 0 aromatic rings. The Kier molecular flexibility index (Phi) is 2.09. The molecule has 1 rings (SSSR count). The van der Waals surface area contributed by atoms with Crippen molar-refractivity contribution >= 4 is 5.78 Å². The molecule has 0 aromatic heterocycles. The van der Waals surface area contributed by atoms with E-state index in [1.54, 1.807) is 6.92 Å². The molecule has 0 spiro atoms. The molecule has 0 unspecified atom stereocenters. The lowest BCUT2D eigenvalue weighted by Crippen LogP contribution is -2.34. The summed E-state index contributed by atoms with van der Waals surface area (Å²) in [5, 5.41) is 0. The van der Waals surface area contributed by atoms with Gasteiger partial charge in [-0.05, 0) is 19.8 Å². The van der Waals surface area contributed by atoms with Crippen molar-refractivity contribution in [1.29, 1.82) is 0 Å². The van der Waals surface area contributed by atoms with Crippen LogP contribution in [0, 0.1) is 5.41 Å². The number of nitrogens with two attached hydrogens (primary N) is 1. The molecule has 1 aliphatic carbocycles. The fraction of sp³-hybridized carbons (Fsp3) is 0.875. The van der Waals surface area contributed by atoms with Crippen LogP contribution in [0.3, 0.4) is 0 Å². The zero-order chi connectivity index (χ0) is 7.61.